The molecule has 1 N–H and O–H groups in total. The standard InChI is InChI=1S/C25H21ClFNO5/c1-3-4-15-11-18(32-17-7-5-16(27)6-8-17)9-10-19(15)24-20-12-23(31-14(2)25(29)30)21(26)13-22(20)33-28-24/h5-14H,3-4H2,1-2H3,(H,29,30). The molecule has 0 aliphatic heterocycles. The van der Waals surface area contributed by atoms with Gasteiger partial charge in [-0.1, -0.05) is 30.1 Å². The van der Waals surface area contributed by atoms with Gasteiger partial charge in [0.1, 0.15) is 28.8 Å². The van der Waals surface area contributed by atoms with Gasteiger partial charge in [0.25, 0.3) is 0 Å². The molecule has 0 saturated heterocycles. The van der Waals surface area contributed by atoms with E-state index in [9.17, 15) is 9.18 Å². The minimum atomic E-state index is -1.10. The lowest BCUT2D eigenvalue weighted by Crippen LogP contribution is -2.22. The van der Waals surface area contributed by atoms with Gasteiger partial charge >= 0.3 is 5.97 Å². The first-order valence-electron chi connectivity index (χ1n) is 10.4. The summed E-state index contributed by atoms with van der Waals surface area (Å²) in [4.78, 5) is 11.2. The summed E-state index contributed by atoms with van der Waals surface area (Å²) in [5.41, 5.74) is 2.89. The van der Waals surface area contributed by atoms with Gasteiger partial charge in [0.05, 0.1) is 10.4 Å². The van der Waals surface area contributed by atoms with Gasteiger partial charge < -0.3 is 19.1 Å². The lowest BCUT2D eigenvalue weighted by atomic mass is 9.98. The summed E-state index contributed by atoms with van der Waals surface area (Å²) in [5.74, 6) is -0.0505. The van der Waals surface area contributed by atoms with Gasteiger partial charge in [-0.2, -0.15) is 0 Å². The molecule has 1 unspecified atom stereocenters. The fraction of sp³-hybridized carbons (Fsp3) is 0.200. The second-order valence-electron chi connectivity index (χ2n) is 7.53. The monoisotopic (exact) mass is 469 g/mol. The average Bonchev–Trinajstić information content (AvgIpc) is 3.18. The highest BCUT2D eigenvalue weighted by molar-refractivity contribution is 6.32. The van der Waals surface area contributed by atoms with Gasteiger partial charge in [0.2, 0.25) is 0 Å². The lowest BCUT2D eigenvalue weighted by molar-refractivity contribution is -0.144. The van der Waals surface area contributed by atoms with Crippen molar-refractivity contribution in [3.8, 4) is 28.5 Å². The van der Waals surface area contributed by atoms with Crippen molar-refractivity contribution < 1.29 is 28.3 Å². The van der Waals surface area contributed by atoms with Gasteiger partial charge in [0, 0.05) is 11.6 Å². The van der Waals surface area contributed by atoms with Gasteiger partial charge in [-0.25, -0.2) is 9.18 Å². The third-order valence-electron chi connectivity index (χ3n) is 5.08. The largest absolute Gasteiger partial charge is 0.479 e. The smallest absolute Gasteiger partial charge is 0.344 e. The molecular weight excluding hydrogens is 449 g/mol. The number of aryl methyl sites for hydroxylation is 1. The molecule has 0 bridgehead atoms. The van der Waals surface area contributed by atoms with Crippen molar-refractivity contribution in [2.75, 3.05) is 0 Å². The number of hydrogen-bond donors (Lipinski definition) is 1. The minimum Gasteiger partial charge on any atom is -0.479 e. The van der Waals surface area contributed by atoms with E-state index in [2.05, 4.69) is 12.1 Å². The van der Waals surface area contributed by atoms with Crippen molar-refractivity contribution in [3.05, 3.63) is 71.0 Å². The zero-order valence-corrected chi connectivity index (χ0v) is 18.7. The number of nitrogens with zero attached hydrogens (tertiary/aromatic N) is 1. The molecular formula is C25H21ClFNO5. The van der Waals surface area contributed by atoms with Crippen LogP contribution in [0.25, 0.3) is 22.2 Å². The maximum Gasteiger partial charge on any atom is 0.344 e. The maximum absolute atomic E-state index is 13.2. The van der Waals surface area contributed by atoms with Crippen molar-refractivity contribution >= 4 is 28.5 Å². The Morgan fingerprint density at radius 3 is 2.58 bits per heavy atom. The van der Waals surface area contributed by atoms with Crippen LogP contribution in [-0.4, -0.2) is 22.3 Å². The lowest BCUT2D eigenvalue weighted by Gasteiger charge is -2.13. The fourth-order valence-corrected chi connectivity index (χ4v) is 3.64. The number of hydrogen-bond acceptors (Lipinski definition) is 5. The zero-order valence-electron chi connectivity index (χ0n) is 18.0. The molecule has 4 rings (SSSR count). The quantitative estimate of drug-likeness (QED) is 0.303. The normalized spacial score (nSPS) is 12.0. The number of aromatic nitrogens is 1. The first-order chi connectivity index (χ1) is 15.9. The van der Waals surface area contributed by atoms with E-state index in [1.165, 1.54) is 19.1 Å². The Bertz CT molecular complexity index is 1300. The average molecular weight is 470 g/mol. The Kier molecular flexibility index (Phi) is 6.51. The van der Waals surface area contributed by atoms with Crippen LogP contribution in [0.2, 0.25) is 5.02 Å². The van der Waals surface area contributed by atoms with Crippen LogP contribution in [0.5, 0.6) is 17.2 Å². The Balaban J connectivity index is 1.73. The van der Waals surface area contributed by atoms with E-state index >= 15 is 0 Å². The highest BCUT2D eigenvalue weighted by atomic mass is 35.5. The third kappa shape index (κ3) is 4.93. The SMILES string of the molecule is CCCc1cc(Oc2ccc(F)cc2)ccc1-c1noc2cc(Cl)c(OC(C)C(=O)O)cc12. The number of carboxylic acid groups (broad SMARTS) is 1. The van der Waals surface area contributed by atoms with Gasteiger partial charge in [-0.3, -0.25) is 0 Å². The van der Waals surface area contributed by atoms with Gasteiger partial charge in [0.15, 0.2) is 11.7 Å². The van der Waals surface area contributed by atoms with Crippen molar-refractivity contribution in [1.29, 1.82) is 0 Å². The van der Waals surface area contributed by atoms with Crippen LogP contribution in [0.1, 0.15) is 25.8 Å². The Hall–Kier alpha value is -3.58. The Morgan fingerprint density at radius 2 is 1.88 bits per heavy atom. The molecule has 3 aromatic carbocycles. The molecule has 4 aromatic rings. The molecule has 8 heteroatoms. The van der Waals surface area contributed by atoms with Crippen LogP contribution < -0.4 is 9.47 Å². The predicted molar refractivity (Wildman–Crippen MR) is 123 cm³/mol. The molecule has 0 aliphatic carbocycles. The molecule has 0 saturated carbocycles. The van der Waals surface area contributed by atoms with Gasteiger partial charge in [-0.15, -0.1) is 0 Å². The highest BCUT2D eigenvalue weighted by Crippen LogP contribution is 2.38. The Morgan fingerprint density at radius 1 is 1.15 bits per heavy atom. The number of benzene rings is 3. The molecule has 170 valence electrons. The number of ether oxygens (including phenoxy) is 2. The summed E-state index contributed by atoms with van der Waals surface area (Å²) in [7, 11) is 0. The second-order valence-corrected chi connectivity index (χ2v) is 7.94. The van der Waals surface area contributed by atoms with E-state index < -0.39 is 12.1 Å². The van der Waals surface area contributed by atoms with Crippen LogP contribution in [0, 0.1) is 5.82 Å². The molecule has 0 amide bonds. The number of carbonyl (C=O) groups is 1. The minimum absolute atomic E-state index is 0.232. The number of rotatable bonds is 8. The highest BCUT2D eigenvalue weighted by Gasteiger charge is 2.20. The number of fused-ring (bicyclic) bond motifs is 1. The summed E-state index contributed by atoms with van der Waals surface area (Å²) in [6.07, 6.45) is 0.581. The van der Waals surface area contributed by atoms with Crippen molar-refractivity contribution in [2.24, 2.45) is 0 Å². The van der Waals surface area contributed by atoms with Gasteiger partial charge in [-0.05, 0) is 67.4 Å². The molecule has 1 heterocycles. The zero-order chi connectivity index (χ0) is 23.5. The fourth-order valence-electron chi connectivity index (χ4n) is 3.44. The van der Waals surface area contributed by atoms with E-state index in [0.717, 1.165) is 24.0 Å². The van der Waals surface area contributed by atoms with E-state index in [4.69, 9.17) is 30.7 Å². The van der Waals surface area contributed by atoms with Crippen LogP contribution in [0.4, 0.5) is 4.39 Å². The van der Waals surface area contributed by atoms with E-state index in [0.29, 0.717) is 28.2 Å². The molecule has 6 nitrogen and oxygen atoms in total. The second kappa shape index (κ2) is 9.50. The Labute approximate surface area is 194 Å². The number of aliphatic carboxylic acids is 1. The number of halogens is 2. The first-order valence-corrected chi connectivity index (χ1v) is 10.8. The molecule has 1 atom stereocenters. The molecule has 0 spiro atoms. The predicted octanol–water partition coefficient (Wildman–Crippen LogP) is 6.88. The van der Waals surface area contributed by atoms with Crippen LogP contribution in [-0.2, 0) is 11.2 Å². The summed E-state index contributed by atoms with van der Waals surface area (Å²) >= 11 is 6.25. The summed E-state index contributed by atoms with van der Waals surface area (Å²) in [5, 5.41) is 14.3. The molecule has 0 aliphatic rings. The number of carboxylic acids is 1. The van der Waals surface area contributed by atoms with Crippen molar-refractivity contribution in [1.82, 2.24) is 5.16 Å². The summed E-state index contributed by atoms with van der Waals surface area (Å²) in [6.45, 7) is 3.49. The van der Waals surface area contributed by atoms with E-state index in [1.54, 1.807) is 30.3 Å². The summed E-state index contributed by atoms with van der Waals surface area (Å²) in [6, 6.07) is 14.6. The maximum atomic E-state index is 13.2. The topological polar surface area (TPSA) is 81.8 Å². The molecule has 1 aromatic heterocycles. The van der Waals surface area contributed by atoms with Crippen molar-refractivity contribution in [3.63, 3.8) is 0 Å². The van der Waals surface area contributed by atoms with E-state index in [-0.39, 0.29) is 16.6 Å². The van der Waals surface area contributed by atoms with Crippen molar-refractivity contribution in [2.45, 2.75) is 32.8 Å². The van der Waals surface area contributed by atoms with Crippen LogP contribution in [0.15, 0.2) is 59.1 Å². The van der Waals surface area contributed by atoms with Crippen LogP contribution in [0.3, 0.4) is 0 Å². The van der Waals surface area contributed by atoms with E-state index in [1.807, 2.05) is 12.1 Å². The third-order valence-corrected chi connectivity index (χ3v) is 5.37. The summed E-state index contributed by atoms with van der Waals surface area (Å²) < 4.78 is 30.0. The molecule has 0 radical (unpaired) electrons. The molecule has 33 heavy (non-hydrogen) atoms. The van der Waals surface area contributed by atoms with Crippen LogP contribution >= 0.6 is 11.6 Å². The first kappa shape index (κ1) is 22.6. The molecule has 0 fully saturated rings.